The molecule has 4 heterocycles. The number of rotatable bonds is 8. The second-order valence-corrected chi connectivity index (χ2v) is 17.6. The maximum absolute atomic E-state index is 9.10. The summed E-state index contributed by atoms with van der Waals surface area (Å²) in [7, 11) is -0.578. The molecule has 0 amide bonds. The van der Waals surface area contributed by atoms with Crippen LogP contribution in [-0.2, 0) is 21.1 Å². The van der Waals surface area contributed by atoms with E-state index in [4.69, 9.17) is 23.4 Å². The van der Waals surface area contributed by atoms with Crippen LogP contribution < -0.4 is 23.7 Å². The van der Waals surface area contributed by atoms with Crippen molar-refractivity contribution in [2.75, 3.05) is 14.4 Å². The molecular formula is C66H43BN6OPt-2. The average Bonchev–Trinajstić information content (AvgIpc) is 2.29. The number of hydrogen-bond donors (Lipinski definition) is 0. The molecule has 0 spiro atoms. The van der Waals surface area contributed by atoms with Gasteiger partial charge in [-0.15, -0.1) is 30.3 Å². The van der Waals surface area contributed by atoms with E-state index in [9.17, 15) is 0 Å². The summed E-state index contributed by atoms with van der Waals surface area (Å²) in [5.41, 5.74) is 10.5. The van der Waals surface area contributed by atoms with Crippen molar-refractivity contribution in [3.8, 4) is 67.4 Å². The smallest absolute Gasteiger partial charge is 0.510 e. The van der Waals surface area contributed by atoms with Crippen LogP contribution in [0.5, 0.6) is 11.5 Å². The molecule has 0 aliphatic carbocycles. The average molecular weight is 1150 g/mol. The third-order valence-electron chi connectivity index (χ3n) is 13.4. The number of imidazole rings is 1. The van der Waals surface area contributed by atoms with Gasteiger partial charge in [0.25, 0.3) is 6.33 Å². The monoisotopic (exact) mass is 1150 g/mol. The molecule has 358 valence electrons. The Bertz CT molecular complexity index is 4530. The van der Waals surface area contributed by atoms with Gasteiger partial charge in [-0.3, -0.25) is 4.57 Å². The summed E-state index contributed by atoms with van der Waals surface area (Å²) in [5.74, 6) is 1.41. The summed E-state index contributed by atoms with van der Waals surface area (Å²) in [6, 6.07) is 64.9. The molecular weight excluding hydrogens is 1100 g/mol. The molecule has 0 N–H and O–H groups in total. The van der Waals surface area contributed by atoms with Crippen molar-refractivity contribution in [3.63, 3.8) is 0 Å². The Kier molecular flexibility index (Phi) is 9.23. The molecule has 0 radical (unpaired) electrons. The molecule has 0 unspecified atom stereocenters. The van der Waals surface area contributed by atoms with Crippen molar-refractivity contribution in [2.45, 2.75) is 0 Å². The summed E-state index contributed by atoms with van der Waals surface area (Å²) in [4.78, 5) is 12.0. The third kappa shape index (κ3) is 7.90. The van der Waals surface area contributed by atoms with Crippen molar-refractivity contribution in [1.82, 2.24) is 9.55 Å². The van der Waals surface area contributed by atoms with Gasteiger partial charge in [-0.2, -0.15) is 18.2 Å². The van der Waals surface area contributed by atoms with E-state index >= 15 is 0 Å². The molecule has 2 aromatic heterocycles. The summed E-state index contributed by atoms with van der Waals surface area (Å²) < 4.78 is 97.9. The zero-order valence-electron chi connectivity index (χ0n) is 49.5. The quantitative estimate of drug-likeness (QED) is 0.0861. The number of ether oxygens (including phenoxy) is 1. The molecule has 0 atom stereocenters. The summed E-state index contributed by atoms with van der Waals surface area (Å²) >= 11 is 0. The van der Waals surface area contributed by atoms with Gasteiger partial charge in [0.2, 0.25) is 0 Å². The first kappa shape index (κ1) is 35.8. The minimum atomic E-state index is -0.580. The second kappa shape index (κ2) is 19.3. The minimum absolute atomic E-state index is 0. The van der Waals surface area contributed by atoms with Crippen molar-refractivity contribution in [1.29, 1.82) is 0 Å². The fourth-order valence-corrected chi connectivity index (χ4v) is 10.3. The van der Waals surface area contributed by atoms with Crippen LogP contribution in [0, 0.1) is 18.5 Å². The Labute approximate surface area is 464 Å². The number of fused-ring (bicyclic) bond motifs is 10. The number of aromatic nitrogens is 3. The molecule has 12 aromatic rings. The number of hydrogen-bond acceptors (Lipinski definition) is 5. The fraction of sp³-hybridized carbons (Fsp3) is 0. The predicted molar refractivity (Wildman–Crippen MR) is 299 cm³/mol. The standard InChI is InChI=1S/C66H43BN6O.Pt/c1-4-22-47(23-5-1)54-36-20-37-55(48-24-6-2-7-25-48)65(54)70-46-69(62-40-16-17-41-63(62)70)50-28-18-30-52(44-50)74-53-31-19-29-51(45-53)72-66-64(42-21-43-68-66)73-61-39-15-13-35-59(61)57-33-11-10-32-56(57)58-34-12-14-38-60(58)71(67(72)73)49-26-8-3-9-27-49;/h1-43H;/q-2;/i1D,2D,4D,5D,6D,7D,22D,23D,24D,25D;. The first-order chi connectivity index (χ1) is 40.9. The summed E-state index contributed by atoms with van der Waals surface area (Å²) in [6.07, 6.45) is 5.24. The summed E-state index contributed by atoms with van der Waals surface area (Å²) in [5, 5.41) is 0. The van der Waals surface area contributed by atoms with E-state index in [1.54, 1.807) is 39.6 Å². The van der Waals surface area contributed by atoms with E-state index in [1.165, 1.54) is 0 Å². The Hall–Kier alpha value is -9.23. The molecule has 0 fully saturated rings. The molecule has 75 heavy (non-hydrogen) atoms. The Morgan fingerprint density at radius 3 is 1.64 bits per heavy atom. The van der Waals surface area contributed by atoms with Gasteiger partial charge in [-0.1, -0.05) is 187 Å². The van der Waals surface area contributed by atoms with Crippen LogP contribution in [0.2, 0.25) is 0 Å². The van der Waals surface area contributed by atoms with Gasteiger partial charge in [0.1, 0.15) is 5.82 Å². The van der Waals surface area contributed by atoms with Crippen LogP contribution >= 0.6 is 0 Å². The SMILES string of the molecule is [2H]c1c([2H])c([2H])c(-c2cccc(-c3c([2H])c([2H])c([2H])c([2H])c3[2H])c2-[n+]2[c-]n(-c3[c-]c(Oc4[c-]c(N5B6N(c7ccccc7)c7ccccc7-c7ccccc7-c7ccccc7N6c6cccnc65)ccc4)ccc3)c3ccccc32)c([2H])c1[2H].[Pt]. The van der Waals surface area contributed by atoms with Gasteiger partial charge < -0.3 is 23.7 Å². The number of pyridine rings is 1. The van der Waals surface area contributed by atoms with Crippen molar-refractivity contribution >= 4 is 52.4 Å². The van der Waals surface area contributed by atoms with Gasteiger partial charge in [-0.05, 0) is 75.5 Å². The first-order valence-electron chi connectivity index (χ1n) is 29.0. The van der Waals surface area contributed by atoms with Crippen LogP contribution in [0.15, 0.2) is 261 Å². The van der Waals surface area contributed by atoms with Crippen LogP contribution in [-0.4, -0.2) is 16.7 Å². The van der Waals surface area contributed by atoms with Crippen molar-refractivity contribution in [3.05, 3.63) is 279 Å². The number of anilines is 6. The molecule has 0 bridgehead atoms. The van der Waals surface area contributed by atoms with E-state index in [-0.39, 0.29) is 49.0 Å². The predicted octanol–water partition coefficient (Wildman–Crippen LogP) is 15.6. The largest absolute Gasteiger partial charge is 0.518 e. The number of para-hydroxylation sites is 6. The van der Waals surface area contributed by atoms with E-state index in [0.717, 1.165) is 45.0 Å². The number of benzene rings is 10. The zero-order valence-corrected chi connectivity index (χ0v) is 41.8. The van der Waals surface area contributed by atoms with Gasteiger partial charge in [-0.25, -0.2) is 4.98 Å². The normalized spacial score (nSPS) is 14.2. The molecule has 2 aliphatic rings. The van der Waals surface area contributed by atoms with Crippen molar-refractivity contribution in [2.24, 2.45) is 0 Å². The van der Waals surface area contributed by atoms with Crippen molar-refractivity contribution < 1.29 is 44.1 Å². The maximum Gasteiger partial charge on any atom is 0.518 e. The van der Waals surface area contributed by atoms with Crippen LogP contribution in [0.1, 0.15) is 13.7 Å². The number of nitrogens with zero attached hydrogens (tertiary/aromatic N) is 6. The Morgan fingerprint density at radius 2 is 0.973 bits per heavy atom. The fourth-order valence-electron chi connectivity index (χ4n) is 10.3. The molecule has 0 saturated heterocycles. The van der Waals surface area contributed by atoms with E-state index in [2.05, 4.69) is 124 Å². The zero-order chi connectivity index (χ0) is 57.7. The molecule has 9 heteroatoms. The second-order valence-electron chi connectivity index (χ2n) is 17.6. The van der Waals surface area contributed by atoms with Gasteiger partial charge in [0.05, 0.1) is 36.1 Å². The topological polar surface area (TPSA) is 40.7 Å². The Balaban J connectivity index is 0.00000672. The molecule has 14 rings (SSSR count). The summed E-state index contributed by atoms with van der Waals surface area (Å²) in [6.45, 7) is 0. The minimum Gasteiger partial charge on any atom is -0.510 e. The van der Waals surface area contributed by atoms with E-state index in [0.29, 0.717) is 39.7 Å². The van der Waals surface area contributed by atoms with Gasteiger partial charge in [0, 0.05) is 67.0 Å². The molecule has 7 nitrogen and oxygen atoms in total. The van der Waals surface area contributed by atoms with Gasteiger partial charge >= 0.3 is 7.12 Å². The van der Waals surface area contributed by atoms with Crippen LogP contribution in [0.25, 0.3) is 66.9 Å². The molecule has 2 aliphatic heterocycles. The third-order valence-corrected chi connectivity index (χ3v) is 13.4. The molecule has 0 saturated carbocycles. The first-order valence-corrected chi connectivity index (χ1v) is 24.0. The van der Waals surface area contributed by atoms with E-state index < -0.39 is 67.5 Å². The van der Waals surface area contributed by atoms with E-state index in [1.807, 2.05) is 78.9 Å². The maximum atomic E-state index is 9.10. The Morgan fingerprint density at radius 1 is 0.453 bits per heavy atom. The van der Waals surface area contributed by atoms with Crippen LogP contribution in [0.4, 0.5) is 34.3 Å². The van der Waals surface area contributed by atoms with Crippen LogP contribution in [0.3, 0.4) is 0 Å². The van der Waals surface area contributed by atoms with Gasteiger partial charge in [0.15, 0.2) is 0 Å². The molecule has 10 aromatic carbocycles.